The number of hydrogen-bond donors (Lipinski definition) is 1. The highest BCUT2D eigenvalue weighted by Crippen LogP contribution is 2.20. The molecule has 0 amide bonds. The second-order valence-corrected chi connectivity index (χ2v) is 8.04. The number of nitrogens with zero attached hydrogens (tertiary/aromatic N) is 3. The number of benzene rings is 1. The molecule has 4 nitrogen and oxygen atoms in total. The number of hydrogen-bond acceptors (Lipinski definition) is 4. The summed E-state index contributed by atoms with van der Waals surface area (Å²) in [6.45, 7) is 8.68. The van der Waals surface area contributed by atoms with Gasteiger partial charge in [-0.05, 0) is 23.6 Å². The lowest BCUT2D eigenvalue weighted by Gasteiger charge is -2.26. The minimum absolute atomic E-state index is 0.450. The van der Waals surface area contributed by atoms with Crippen LogP contribution in [0.25, 0.3) is 0 Å². The minimum Gasteiger partial charge on any atom is -0.381 e. The highest BCUT2D eigenvalue weighted by Gasteiger charge is 2.12. The van der Waals surface area contributed by atoms with Gasteiger partial charge < -0.3 is 5.32 Å². The van der Waals surface area contributed by atoms with Crippen LogP contribution in [0.15, 0.2) is 30.5 Å². The van der Waals surface area contributed by atoms with Crippen molar-refractivity contribution in [3.8, 4) is 0 Å². The van der Waals surface area contributed by atoms with E-state index in [1.807, 2.05) is 11.7 Å². The molecule has 2 aromatic rings. The molecular formula is C19H28N4S. The number of aryl methyl sites for hydroxylation is 1. The van der Waals surface area contributed by atoms with E-state index in [1.54, 1.807) is 0 Å². The Hall–Kier alpha value is -1.46. The lowest BCUT2D eigenvalue weighted by molar-refractivity contribution is 0.294. The molecule has 0 unspecified atom stereocenters. The van der Waals surface area contributed by atoms with Gasteiger partial charge in [0.2, 0.25) is 0 Å². The predicted molar refractivity (Wildman–Crippen MR) is 104 cm³/mol. The lowest BCUT2D eigenvalue weighted by Crippen LogP contribution is -2.31. The Labute approximate surface area is 149 Å². The van der Waals surface area contributed by atoms with Crippen molar-refractivity contribution in [2.75, 3.05) is 29.9 Å². The van der Waals surface area contributed by atoms with Crippen molar-refractivity contribution in [2.45, 2.75) is 32.9 Å². The molecule has 1 aromatic carbocycles. The quantitative estimate of drug-likeness (QED) is 0.866. The molecule has 1 aromatic heterocycles. The Bertz CT molecular complexity index is 659. The van der Waals surface area contributed by atoms with Gasteiger partial charge in [0.1, 0.15) is 0 Å². The molecule has 0 saturated carbocycles. The summed E-state index contributed by atoms with van der Waals surface area (Å²) in [6.07, 6.45) is 2.12. The molecule has 2 heterocycles. The minimum atomic E-state index is 0.450. The standard InChI is InChI=1S/C19H28N4S/c1-15(2)19-17(14-22(3)21-19)12-20-18-6-4-5-16(11-18)13-23-7-9-24-10-8-23/h4-6,11,14-15,20H,7-10,12-13H2,1-3H3. The molecule has 130 valence electrons. The molecular weight excluding hydrogens is 316 g/mol. The SMILES string of the molecule is CC(C)c1nn(C)cc1CNc1cccc(CN2CCSCC2)c1. The van der Waals surface area contributed by atoms with Crippen LogP contribution < -0.4 is 5.32 Å². The molecule has 0 aliphatic carbocycles. The molecule has 1 fully saturated rings. The number of rotatable bonds is 6. The van der Waals surface area contributed by atoms with Crippen LogP contribution in [0.4, 0.5) is 5.69 Å². The van der Waals surface area contributed by atoms with Crippen molar-refractivity contribution in [1.29, 1.82) is 0 Å². The molecule has 0 radical (unpaired) electrons. The summed E-state index contributed by atoms with van der Waals surface area (Å²) in [4.78, 5) is 2.55. The zero-order chi connectivity index (χ0) is 16.9. The first-order valence-electron chi connectivity index (χ1n) is 8.77. The van der Waals surface area contributed by atoms with Gasteiger partial charge in [0.25, 0.3) is 0 Å². The summed E-state index contributed by atoms with van der Waals surface area (Å²) < 4.78 is 1.91. The van der Waals surface area contributed by atoms with Gasteiger partial charge >= 0.3 is 0 Å². The second-order valence-electron chi connectivity index (χ2n) is 6.81. The third-order valence-corrected chi connectivity index (χ3v) is 5.35. The van der Waals surface area contributed by atoms with Crippen molar-refractivity contribution in [3.63, 3.8) is 0 Å². The smallest absolute Gasteiger partial charge is 0.0699 e. The van der Waals surface area contributed by atoms with Gasteiger partial charge in [-0.15, -0.1) is 0 Å². The van der Waals surface area contributed by atoms with Gasteiger partial charge in [0.05, 0.1) is 5.69 Å². The maximum absolute atomic E-state index is 4.59. The molecule has 0 atom stereocenters. The van der Waals surface area contributed by atoms with Gasteiger partial charge in [0, 0.05) is 62.2 Å². The van der Waals surface area contributed by atoms with Crippen LogP contribution in [0.2, 0.25) is 0 Å². The van der Waals surface area contributed by atoms with Gasteiger partial charge in [0.15, 0.2) is 0 Å². The van der Waals surface area contributed by atoms with E-state index in [-0.39, 0.29) is 0 Å². The van der Waals surface area contributed by atoms with Crippen molar-refractivity contribution in [1.82, 2.24) is 14.7 Å². The van der Waals surface area contributed by atoms with Crippen LogP contribution in [0, 0.1) is 0 Å². The van der Waals surface area contributed by atoms with Crippen LogP contribution in [0.5, 0.6) is 0 Å². The van der Waals surface area contributed by atoms with Crippen molar-refractivity contribution in [2.24, 2.45) is 7.05 Å². The molecule has 1 N–H and O–H groups in total. The van der Waals surface area contributed by atoms with E-state index in [1.165, 1.54) is 47.1 Å². The summed E-state index contributed by atoms with van der Waals surface area (Å²) >= 11 is 2.06. The van der Waals surface area contributed by atoms with Gasteiger partial charge in [-0.3, -0.25) is 9.58 Å². The van der Waals surface area contributed by atoms with E-state index in [0.29, 0.717) is 5.92 Å². The van der Waals surface area contributed by atoms with Crippen LogP contribution >= 0.6 is 11.8 Å². The molecule has 5 heteroatoms. The van der Waals surface area contributed by atoms with Crippen LogP contribution in [0.1, 0.15) is 36.6 Å². The van der Waals surface area contributed by atoms with E-state index in [4.69, 9.17) is 0 Å². The van der Waals surface area contributed by atoms with E-state index < -0.39 is 0 Å². The van der Waals surface area contributed by atoms with Crippen LogP contribution in [-0.2, 0) is 20.1 Å². The molecule has 1 aliphatic heterocycles. The first-order valence-corrected chi connectivity index (χ1v) is 9.92. The zero-order valence-electron chi connectivity index (χ0n) is 15.0. The van der Waals surface area contributed by atoms with Crippen LogP contribution in [-0.4, -0.2) is 39.3 Å². The summed E-state index contributed by atoms with van der Waals surface area (Å²) in [5.74, 6) is 2.97. The Balaban J connectivity index is 1.62. The maximum atomic E-state index is 4.59. The highest BCUT2D eigenvalue weighted by molar-refractivity contribution is 7.99. The van der Waals surface area contributed by atoms with E-state index in [0.717, 1.165) is 13.1 Å². The van der Waals surface area contributed by atoms with Gasteiger partial charge in [-0.2, -0.15) is 16.9 Å². The summed E-state index contributed by atoms with van der Waals surface area (Å²) in [6, 6.07) is 8.83. The Morgan fingerprint density at radius 1 is 1.25 bits per heavy atom. The summed E-state index contributed by atoms with van der Waals surface area (Å²) in [5.41, 5.74) is 5.05. The van der Waals surface area contributed by atoms with E-state index in [2.05, 4.69) is 71.4 Å². The summed E-state index contributed by atoms with van der Waals surface area (Å²) in [7, 11) is 1.99. The normalized spacial score (nSPS) is 15.8. The fourth-order valence-electron chi connectivity index (χ4n) is 3.17. The molecule has 3 rings (SSSR count). The number of thioether (sulfide) groups is 1. The average Bonchev–Trinajstić information content (AvgIpc) is 2.95. The molecule has 24 heavy (non-hydrogen) atoms. The Kier molecular flexibility index (Phi) is 5.85. The summed E-state index contributed by atoms with van der Waals surface area (Å²) in [5, 5.41) is 8.16. The Morgan fingerprint density at radius 2 is 2.04 bits per heavy atom. The predicted octanol–water partition coefficient (Wildman–Crippen LogP) is 3.70. The largest absolute Gasteiger partial charge is 0.381 e. The lowest BCUT2D eigenvalue weighted by atomic mass is 10.1. The molecule has 0 bridgehead atoms. The first-order chi connectivity index (χ1) is 11.6. The van der Waals surface area contributed by atoms with Gasteiger partial charge in [-0.1, -0.05) is 26.0 Å². The number of aromatic nitrogens is 2. The third-order valence-electron chi connectivity index (χ3n) is 4.40. The van der Waals surface area contributed by atoms with Crippen molar-refractivity contribution >= 4 is 17.4 Å². The fourth-order valence-corrected chi connectivity index (χ4v) is 4.15. The first kappa shape index (κ1) is 17.4. The number of anilines is 1. The van der Waals surface area contributed by atoms with Crippen molar-refractivity contribution < 1.29 is 0 Å². The Morgan fingerprint density at radius 3 is 2.79 bits per heavy atom. The molecule has 1 aliphatic rings. The third kappa shape index (κ3) is 4.54. The number of nitrogens with one attached hydrogen (secondary N) is 1. The molecule has 1 saturated heterocycles. The van der Waals surface area contributed by atoms with Crippen molar-refractivity contribution in [3.05, 3.63) is 47.3 Å². The molecule has 0 spiro atoms. The maximum Gasteiger partial charge on any atom is 0.0699 e. The zero-order valence-corrected chi connectivity index (χ0v) is 15.8. The van der Waals surface area contributed by atoms with Gasteiger partial charge in [-0.25, -0.2) is 0 Å². The topological polar surface area (TPSA) is 33.1 Å². The average molecular weight is 345 g/mol. The van der Waals surface area contributed by atoms with E-state index in [9.17, 15) is 0 Å². The van der Waals surface area contributed by atoms with Crippen LogP contribution in [0.3, 0.4) is 0 Å². The monoisotopic (exact) mass is 344 g/mol. The highest BCUT2D eigenvalue weighted by atomic mass is 32.2. The second kappa shape index (κ2) is 8.08. The van der Waals surface area contributed by atoms with E-state index >= 15 is 0 Å². The fraction of sp³-hybridized carbons (Fsp3) is 0.526.